The number of anilines is 1. The van der Waals surface area contributed by atoms with Crippen molar-refractivity contribution in [3.63, 3.8) is 0 Å². The number of sulfone groups is 1. The molecule has 2 aliphatic heterocycles. The molecule has 0 spiro atoms. The fraction of sp³-hybridized carbons (Fsp3) is 0.367. The van der Waals surface area contributed by atoms with Crippen LogP contribution in [0.25, 0.3) is 33.3 Å². The van der Waals surface area contributed by atoms with Crippen LogP contribution in [0.5, 0.6) is 0 Å². The molecule has 1 amide bonds. The molecule has 0 aliphatic carbocycles. The van der Waals surface area contributed by atoms with Crippen molar-refractivity contribution in [2.45, 2.75) is 32.7 Å². The third kappa shape index (κ3) is 5.04. The molecule has 0 bridgehead atoms. The van der Waals surface area contributed by atoms with E-state index in [-0.39, 0.29) is 23.5 Å². The van der Waals surface area contributed by atoms with Crippen LogP contribution in [0.1, 0.15) is 30.1 Å². The van der Waals surface area contributed by atoms with Crippen LogP contribution in [-0.2, 0) is 14.6 Å². The van der Waals surface area contributed by atoms with E-state index < -0.39 is 9.84 Å². The summed E-state index contributed by atoms with van der Waals surface area (Å²) in [5.41, 5.74) is 7.50. The third-order valence-corrected chi connectivity index (χ3v) is 10.5. The Kier molecular flexibility index (Phi) is 7.15. The number of fused-ring (bicyclic) bond motifs is 1. The number of likely N-dealkylation sites (tertiary alicyclic amines) is 1. The maximum Gasteiger partial charge on any atom is 0.245 e. The summed E-state index contributed by atoms with van der Waals surface area (Å²) in [4.78, 5) is 16.1. The molecule has 11 heteroatoms. The molecule has 0 saturated carbocycles. The van der Waals surface area contributed by atoms with Gasteiger partial charge in [0, 0.05) is 59.6 Å². The first-order valence-corrected chi connectivity index (χ1v) is 16.1. The van der Waals surface area contributed by atoms with Crippen LogP contribution < -0.4 is 4.90 Å². The van der Waals surface area contributed by atoms with E-state index >= 15 is 0 Å². The third-order valence-electron chi connectivity index (χ3n) is 8.41. The topological polar surface area (TPSA) is 104 Å². The van der Waals surface area contributed by atoms with Crippen molar-refractivity contribution in [1.29, 1.82) is 0 Å². The van der Waals surface area contributed by atoms with Gasteiger partial charge in [-0.1, -0.05) is 30.3 Å². The number of aromatic amines is 1. The van der Waals surface area contributed by atoms with E-state index in [1.807, 2.05) is 36.2 Å². The molecule has 0 radical (unpaired) electrons. The van der Waals surface area contributed by atoms with Crippen LogP contribution in [-0.4, -0.2) is 76.9 Å². The Bertz CT molecular complexity index is 1740. The van der Waals surface area contributed by atoms with Gasteiger partial charge in [0.15, 0.2) is 9.84 Å². The lowest BCUT2D eigenvalue weighted by atomic mass is 9.94. The van der Waals surface area contributed by atoms with Crippen molar-refractivity contribution in [3.8, 4) is 22.4 Å². The molecule has 214 valence electrons. The number of aromatic nitrogens is 4. The lowest BCUT2D eigenvalue weighted by Crippen LogP contribution is -2.40. The Morgan fingerprint density at radius 2 is 1.76 bits per heavy atom. The summed E-state index contributed by atoms with van der Waals surface area (Å²) in [6.45, 7) is 9.99. The number of piperidine rings is 1. The van der Waals surface area contributed by atoms with Crippen LogP contribution in [0.3, 0.4) is 0 Å². The number of carbonyl (C=O) groups excluding carboxylic acids is 1. The molecule has 1 N–H and O–H groups in total. The van der Waals surface area contributed by atoms with Gasteiger partial charge in [0.1, 0.15) is 5.69 Å². The molecule has 2 aliphatic rings. The number of benzene rings is 2. The first kappa shape index (κ1) is 27.5. The lowest BCUT2D eigenvalue weighted by Gasteiger charge is -2.32. The van der Waals surface area contributed by atoms with Crippen LogP contribution in [0, 0.1) is 13.8 Å². The van der Waals surface area contributed by atoms with Crippen LogP contribution >= 0.6 is 11.6 Å². The fourth-order valence-electron chi connectivity index (χ4n) is 6.08. The van der Waals surface area contributed by atoms with E-state index in [9.17, 15) is 13.2 Å². The molecule has 4 heterocycles. The van der Waals surface area contributed by atoms with Crippen molar-refractivity contribution in [2.75, 3.05) is 42.6 Å². The smallest absolute Gasteiger partial charge is 0.245 e. The second kappa shape index (κ2) is 10.6. The molecule has 2 aromatic carbocycles. The van der Waals surface area contributed by atoms with Crippen LogP contribution in [0.4, 0.5) is 5.69 Å². The number of halogens is 1. The van der Waals surface area contributed by atoms with Gasteiger partial charge in [0.2, 0.25) is 5.91 Å². The average molecular weight is 593 g/mol. The Morgan fingerprint density at radius 3 is 2.41 bits per heavy atom. The van der Waals surface area contributed by atoms with Gasteiger partial charge in [0.05, 0.1) is 34.3 Å². The number of aryl methyl sites for hydroxylation is 1. The van der Waals surface area contributed by atoms with Gasteiger partial charge >= 0.3 is 0 Å². The zero-order valence-electron chi connectivity index (χ0n) is 23.2. The Labute approximate surface area is 244 Å². The van der Waals surface area contributed by atoms with Crippen molar-refractivity contribution < 1.29 is 13.2 Å². The summed E-state index contributed by atoms with van der Waals surface area (Å²) >= 11 is 7.02. The first-order valence-electron chi connectivity index (χ1n) is 13.9. The van der Waals surface area contributed by atoms with E-state index in [1.165, 1.54) is 6.08 Å². The summed E-state index contributed by atoms with van der Waals surface area (Å²) in [7, 11) is -2.96. The quantitative estimate of drug-likeness (QED) is 0.329. The highest BCUT2D eigenvalue weighted by molar-refractivity contribution is 7.91. The number of carbonyl (C=O) groups is 1. The summed E-state index contributed by atoms with van der Waals surface area (Å²) in [6, 6.07) is 10.3. The van der Waals surface area contributed by atoms with Crippen molar-refractivity contribution in [2.24, 2.45) is 0 Å². The average Bonchev–Trinajstić information content (AvgIpc) is 3.57. The number of nitrogens with zero attached hydrogens (tertiary/aromatic N) is 5. The number of hydrogen-bond donors (Lipinski definition) is 1. The van der Waals surface area contributed by atoms with Gasteiger partial charge in [0.25, 0.3) is 0 Å². The first-order chi connectivity index (χ1) is 19.7. The summed E-state index contributed by atoms with van der Waals surface area (Å²) in [5.74, 6) is 0.306. The summed E-state index contributed by atoms with van der Waals surface area (Å²) < 4.78 is 25.9. The molecule has 0 unspecified atom stereocenters. The van der Waals surface area contributed by atoms with E-state index in [1.54, 1.807) is 0 Å². The van der Waals surface area contributed by atoms with E-state index in [0.29, 0.717) is 31.2 Å². The lowest BCUT2D eigenvalue weighted by molar-refractivity contribution is -0.127. The predicted molar refractivity (Wildman–Crippen MR) is 163 cm³/mol. The highest BCUT2D eigenvalue weighted by atomic mass is 35.5. The Hall–Kier alpha value is -3.63. The standard InChI is InChI=1S/C30H33ClN6O3S/c1-4-26(38)36-11-9-23(10-12-36)37-20(3)27(28-24-18-32-33-25(24)17-19(2)29(28)31)30(34-37)21-5-7-22(8-6-21)35-13-15-41(39,40)16-14-35/h4-8,17-18,23H,1,9-16H2,2-3H3,(H,32,33). The second-order valence-electron chi connectivity index (χ2n) is 10.9. The molecule has 6 rings (SSSR count). The molecule has 2 aromatic heterocycles. The summed E-state index contributed by atoms with van der Waals surface area (Å²) in [5, 5.41) is 14.2. The predicted octanol–water partition coefficient (Wildman–Crippen LogP) is 4.95. The van der Waals surface area contributed by atoms with Crippen LogP contribution in [0.2, 0.25) is 5.02 Å². The highest BCUT2D eigenvalue weighted by Crippen LogP contribution is 2.44. The molecule has 2 fully saturated rings. The number of rotatable bonds is 5. The number of amides is 1. The number of hydrogen-bond acceptors (Lipinski definition) is 6. The zero-order chi connectivity index (χ0) is 28.9. The number of nitrogens with one attached hydrogen (secondary N) is 1. The minimum atomic E-state index is -2.96. The zero-order valence-corrected chi connectivity index (χ0v) is 24.8. The van der Waals surface area contributed by atoms with Gasteiger partial charge in [-0.15, -0.1) is 0 Å². The van der Waals surface area contributed by atoms with Gasteiger partial charge in [-0.3, -0.25) is 14.6 Å². The Morgan fingerprint density at radius 1 is 1.07 bits per heavy atom. The van der Waals surface area contributed by atoms with Gasteiger partial charge < -0.3 is 9.80 Å². The normalized spacial score (nSPS) is 17.7. The maximum atomic E-state index is 12.2. The second-order valence-corrected chi connectivity index (χ2v) is 13.6. The SMILES string of the molecule is C=CC(=O)N1CCC(n2nc(-c3ccc(N4CCS(=O)(=O)CC4)cc3)c(-c3c(Cl)c(C)cc4[nH]ncc34)c2C)CC1. The van der Waals surface area contributed by atoms with E-state index in [0.717, 1.165) is 63.1 Å². The molecular formula is C30H33ClN6O3S. The van der Waals surface area contributed by atoms with Gasteiger partial charge in [-0.05, 0) is 56.5 Å². The monoisotopic (exact) mass is 592 g/mol. The van der Waals surface area contributed by atoms with Crippen molar-refractivity contribution in [3.05, 3.63) is 65.5 Å². The van der Waals surface area contributed by atoms with Gasteiger partial charge in [-0.25, -0.2) is 8.42 Å². The largest absolute Gasteiger partial charge is 0.369 e. The minimum absolute atomic E-state index is 0.0395. The molecule has 4 aromatic rings. The molecule has 0 atom stereocenters. The van der Waals surface area contributed by atoms with Crippen molar-refractivity contribution in [1.82, 2.24) is 24.9 Å². The minimum Gasteiger partial charge on any atom is -0.369 e. The summed E-state index contributed by atoms with van der Waals surface area (Å²) in [6.07, 6.45) is 4.77. The Balaban J connectivity index is 1.43. The number of H-pyrrole nitrogens is 1. The fourth-order valence-corrected chi connectivity index (χ4v) is 7.53. The molecule has 9 nitrogen and oxygen atoms in total. The molecular weight excluding hydrogens is 560 g/mol. The van der Waals surface area contributed by atoms with E-state index in [4.69, 9.17) is 16.7 Å². The van der Waals surface area contributed by atoms with Gasteiger partial charge in [-0.2, -0.15) is 10.2 Å². The maximum absolute atomic E-state index is 12.2. The molecule has 2 saturated heterocycles. The van der Waals surface area contributed by atoms with Crippen LogP contribution in [0.15, 0.2) is 49.2 Å². The highest BCUT2D eigenvalue weighted by Gasteiger charge is 2.29. The molecule has 41 heavy (non-hydrogen) atoms. The van der Waals surface area contributed by atoms with Crippen molar-refractivity contribution >= 4 is 43.9 Å². The van der Waals surface area contributed by atoms with E-state index in [2.05, 4.69) is 45.4 Å².